The monoisotopic (exact) mass is 354 g/mol. The van der Waals surface area contributed by atoms with Crippen LogP contribution in [-0.2, 0) is 9.53 Å². The van der Waals surface area contributed by atoms with Crippen molar-refractivity contribution in [1.29, 1.82) is 0 Å². The molecule has 6 nitrogen and oxygen atoms in total. The quantitative estimate of drug-likeness (QED) is 0.643. The number of halogens is 1. The molecule has 1 amide bonds. The van der Waals surface area contributed by atoms with Crippen LogP contribution >= 0.6 is 11.6 Å². The van der Waals surface area contributed by atoms with Gasteiger partial charge in [0.15, 0.2) is 0 Å². The van der Waals surface area contributed by atoms with Crippen LogP contribution in [0.25, 0.3) is 0 Å². The number of carbonyl (C=O) groups excluding carboxylic acids is 1. The van der Waals surface area contributed by atoms with E-state index < -0.39 is 0 Å². The summed E-state index contributed by atoms with van der Waals surface area (Å²) in [6.45, 7) is 7.16. The summed E-state index contributed by atoms with van der Waals surface area (Å²) in [5, 5.41) is 6.75. The summed E-state index contributed by atoms with van der Waals surface area (Å²) in [6, 6.07) is 7.99. The van der Waals surface area contributed by atoms with Crippen LogP contribution in [0.4, 0.5) is 5.69 Å². The minimum absolute atomic E-state index is 0.0312. The third-order valence-electron chi connectivity index (χ3n) is 4.06. The van der Waals surface area contributed by atoms with E-state index in [0.717, 1.165) is 37.7 Å². The Balaban J connectivity index is 1.59. The predicted octanol–water partition coefficient (Wildman–Crippen LogP) is 0.814. The molecule has 0 atom stereocenters. The lowest BCUT2D eigenvalue weighted by Gasteiger charge is -2.36. The zero-order valence-electron chi connectivity index (χ0n) is 14.3. The largest absolute Gasteiger partial charge is 0.383 e. The molecule has 0 radical (unpaired) electrons. The average molecular weight is 355 g/mol. The standard InChI is InChI=1S/C17H27ClN4O2/c1-24-12-6-19-14-17(23)20-5-7-21-8-10-22(11-9-21)16-4-2-3-15(18)13-16/h2-4,13,19H,5-12,14H2,1H3,(H,20,23). The molecule has 1 aromatic carbocycles. The number of hydrogen-bond donors (Lipinski definition) is 2. The SMILES string of the molecule is COCCNCC(=O)NCCN1CCN(c2cccc(Cl)c2)CC1. The van der Waals surface area contributed by atoms with Crippen LogP contribution in [0.3, 0.4) is 0 Å². The lowest BCUT2D eigenvalue weighted by molar-refractivity contribution is -0.120. The fraction of sp³-hybridized carbons (Fsp3) is 0.588. The van der Waals surface area contributed by atoms with Gasteiger partial charge in [0.2, 0.25) is 5.91 Å². The van der Waals surface area contributed by atoms with Gasteiger partial charge >= 0.3 is 0 Å². The number of amides is 1. The highest BCUT2D eigenvalue weighted by atomic mass is 35.5. The van der Waals surface area contributed by atoms with Crippen molar-refractivity contribution < 1.29 is 9.53 Å². The molecule has 0 aliphatic carbocycles. The molecule has 0 spiro atoms. The highest BCUT2D eigenvalue weighted by Crippen LogP contribution is 2.20. The Labute approximate surface area is 149 Å². The number of carbonyl (C=O) groups is 1. The maximum Gasteiger partial charge on any atom is 0.234 e. The number of piperazine rings is 1. The Morgan fingerprint density at radius 2 is 2.04 bits per heavy atom. The highest BCUT2D eigenvalue weighted by molar-refractivity contribution is 6.30. The summed E-state index contributed by atoms with van der Waals surface area (Å²) < 4.78 is 4.92. The van der Waals surface area contributed by atoms with E-state index in [9.17, 15) is 4.79 Å². The molecule has 24 heavy (non-hydrogen) atoms. The molecule has 2 rings (SSSR count). The molecule has 1 heterocycles. The van der Waals surface area contributed by atoms with Crippen LogP contribution in [0.1, 0.15) is 0 Å². The van der Waals surface area contributed by atoms with E-state index in [0.29, 0.717) is 26.2 Å². The number of anilines is 1. The summed E-state index contributed by atoms with van der Waals surface area (Å²) in [7, 11) is 1.65. The molecule has 7 heteroatoms. The van der Waals surface area contributed by atoms with Crippen molar-refractivity contribution in [2.24, 2.45) is 0 Å². The Morgan fingerprint density at radius 3 is 2.75 bits per heavy atom. The summed E-state index contributed by atoms with van der Waals surface area (Å²) in [4.78, 5) is 16.4. The first-order valence-corrected chi connectivity index (χ1v) is 8.76. The maximum atomic E-state index is 11.7. The Kier molecular flexibility index (Phi) is 8.32. The van der Waals surface area contributed by atoms with Gasteiger partial charge in [-0.25, -0.2) is 0 Å². The van der Waals surface area contributed by atoms with Crippen molar-refractivity contribution in [3.8, 4) is 0 Å². The molecule has 0 unspecified atom stereocenters. The van der Waals surface area contributed by atoms with Crippen molar-refractivity contribution in [1.82, 2.24) is 15.5 Å². The minimum atomic E-state index is 0.0312. The molecule has 0 bridgehead atoms. The molecule has 1 aliphatic rings. The number of benzene rings is 1. The normalized spacial score (nSPS) is 15.5. The van der Waals surface area contributed by atoms with Gasteiger partial charge in [0.05, 0.1) is 13.2 Å². The zero-order chi connectivity index (χ0) is 17.2. The van der Waals surface area contributed by atoms with Gasteiger partial charge in [-0.15, -0.1) is 0 Å². The van der Waals surface area contributed by atoms with Crippen LogP contribution < -0.4 is 15.5 Å². The lowest BCUT2D eigenvalue weighted by atomic mass is 10.2. The van der Waals surface area contributed by atoms with Crippen LogP contribution in [0.5, 0.6) is 0 Å². The van der Waals surface area contributed by atoms with E-state index >= 15 is 0 Å². The smallest absolute Gasteiger partial charge is 0.234 e. The van der Waals surface area contributed by atoms with Crippen LogP contribution in [-0.4, -0.2) is 76.9 Å². The number of nitrogens with zero attached hydrogens (tertiary/aromatic N) is 2. The second kappa shape index (κ2) is 10.5. The second-order valence-corrected chi connectivity index (χ2v) is 6.26. The van der Waals surface area contributed by atoms with Crippen LogP contribution in [0, 0.1) is 0 Å². The van der Waals surface area contributed by atoms with Gasteiger partial charge in [0.25, 0.3) is 0 Å². The number of nitrogens with one attached hydrogen (secondary N) is 2. The van der Waals surface area contributed by atoms with E-state index in [1.165, 1.54) is 5.69 Å². The fourth-order valence-corrected chi connectivity index (χ4v) is 2.88. The summed E-state index contributed by atoms with van der Waals surface area (Å²) in [5.41, 5.74) is 1.18. The fourth-order valence-electron chi connectivity index (χ4n) is 2.69. The maximum absolute atomic E-state index is 11.7. The third-order valence-corrected chi connectivity index (χ3v) is 4.30. The Hall–Kier alpha value is -1.34. The van der Waals surface area contributed by atoms with Crippen LogP contribution in [0.15, 0.2) is 24.3 Å². The first-order chi connectivity index (χ1) is 11.7. The molecule has 2 N–H and O–H groups in total. The molecule has 1 saturated heterocycles. The average Bonchev–Trinajstić information content (AvgIpc) is 2.59. The molecule has 1 aliphatic heterocycles. The molecule has 1 aromatic rings. The van der Waals surface area contributed by atoms with E-state index in [-0.39, 0.29) is 5.91 Å². The number of ether oxygens (including phenoxy) is 1. The minimum Gasteiger partial charge on any atom is -0.383 e. The summed E-state index contributed by atoms with van der Waals surface area (Å²) in [6.07, 6.45) is 0. The van der Waals surface area contributed by atoms with Gasteiger partial charge in [-0.3, -0.25) is 9.69 Å². The zero-order valence-corrected chi connectivity index (χ0v) is 15.0. The van der Waals surface area contributed by atoms with E-state index in [1.807, 2.05) is 18.2 Å². The molecule has 0 aromatic heterocycles. The lowest BCUT2D eigenvalue weighted by Crippen LogP contribution is -2.49. The van der Waals surface area contributed by atoms with Gasteiger partial charge in [0.1, 0.15) is 0 Å². The molecule has 1 fully saturated rings. The predicted molar refractivity (Wildman–Crippen MR) is 97.9 cm³/mol. The number of hydrogen-bond acceptors (Lipinski definition) is 5. The van der Waals surface area contributed by atoms with Gasteiger partial charge in [0, 0.05) is 63.6 Å². The van der Waals surface area contributed by atoms with Gasteiger partial charge in [-0.1, -0.05) is 17.7 Å². The first kappa shape index (κ1) is 19.0. The molecule has 134 valence electrons. The number of methoxy groups -OCH3 is 1. The van der Waals surface area contributed by atoms with E-state index in [2.05, 4.69) is 26.5 Å². The molecular formula is C17H27ClN4O2. The molecular weight excluding hydrogens is 328 g/mol. The highest BCUT2D eigenvalue weighted by Gasteiger charge is 2.17. The first-order valence-electron chi connectivity index (χ1n) is 8.38. The van der Waals surface area contributed by atoms with Crippen molar-refractivity contribution >= 4 is 23.2 Å². The van der Waals surface area contributed by atoms with Gasteiger partial charge in [-0.05, 0) is 18.2 Å². The summed E-state index contributed by atoms with van der Waals surface area (Å²) in [5.74, 6) is 0.0312. The van der Waals surface area contributed by atoms with E-state index in [1.54, 1.807) is 7.11 Å². The topological polar surface area (TPSA) is 56.8 Å². The Morgan fingerprint density at radius 1 is 1.25 bits per heavy atom. The van der Waals surface area contributed by atoms with Crippen molar-refractivity contribution in [3.63, 3.8) is 0 Å². The third kappa shape index (κ3) is 6.65. The molecule has 0 saturated carbocycles. The van der Waals surface area contributed by atoms with Gasteiger partial charge < -0.3 is 20.3 Å². The van der Waals surface area contributed by atoms with Crippen molar-refractivity contribution in [2.45, 2.75) is 0 Å². The van der Waals surface area contributed by atoms with Gasteiger partial charge in [-0.2, -0.15) is 0 Å². The number of rotatable bonds is 9. The van der Waals surface area contributed by atoms with Crippen molar-refractivity contribution in [2.75, 3.05) is 71.0 Å². The van der Waals surface area contributed by atoms with Crippen molar-refractivity contribution in [3.05, 3.63) is 29.3 Å². The Bertz CT molecular complexity index is 507. The summed E-state index contributed by atoms with van der Waals surface area (Å²) >= 11 is 6.06. The van der Waals surface area contributed by atoms with E-state index in [4.69, 9.17) is 16.3 Å². The van der Waals surface area contributed by atoms with Crippen LogP contribution in [0.2, 0.25) is 5.02 Å². The second-order valence-electron chi connectivity index (χ2n) is 5.83.